The number of ether oxygens (including phenoxy) is 7. The van der Waals surface area contributed by atoms with Gasteiger partial charge in [0, 0.05) is 112 Å². The van der Waals surface area contributed by atoms with E-state index in [0.29, 0.717) is 72.3 Å². The first-order valence-electron chi connectivity index (χ1n) is 32.2. The predicted molar refractivity (Wildman–Crippen MR) is 356 cm³/mol. The molecule has 1 fully saturated rings. The number of carbonyl (C=O) groups excluding carboxylic acids is 10. The van der Waals surface area contributed by atoms with Gasteiger partial charge in [0.25, 0.3) is 17.7 Å². The fraction of sp³-hybridized carbons (Fsp3) is 0.463. The summed E-state index contributed by atoms with van der Waals surface area (Å²) < 4.78 is 45.4. The smallest absolute Gasteiger partial charge is 0.415 e. The van der Waals surface area contributed by atoms with Gasteiger partial charge < -0.3 is 89.9 Å². The molecule has 3 aliphatic heterocycles. The van der Waals surface area contributed by atoms with Crippen molar-refractivity contribution >= 4 is 104 Å². The van der Waals surface area contributed by atoms with Crippen LogP contribution in [0.5, 0.6) is 11.5 Å². The minimum absolute atomic E-state index is 0.00397. The molecule has 97 heavy (non-hydrogen) atoms. The van der Waals surface area contributed by atoms with Gasteiger partial charge in [0.1, 0.15) is 42.4 Å². The predicted octanol–water partition coefficient (Wildman–Crippen LogP) is 4.52. The summed E-state index contributed by atoms with van der Waals surface area (Å²) in [4.78, 5) is 134. The van der Waals surface area contributed by atoms with Crippen molar-refractivity contribution in [3.05, 3.63) is 108 Å². The molecule has 0 unspecified atom stereocenters. The van der Waals surface area contributed by atoms with E-state index >= 15 is 0 Å². The number of anilines is 2. The first kappa shape index (κ1) is 73.4. The number of imide groups is 1. The van der Waals surface area contributed by atoms with Crippen LogP contribution >= 0.6 is 11.6 Å². The van der Waals surface area contributed by atoms with Gasteiger partial charge in [0.05, 0.1) is 65.1 Å². The molecule has 1 saturated heterocycles. The van der Waals surface area contributed by atoms with Crippen LogP contribution in [0.4, 0.5) is 25.8 Å². The molecule has 8 N–H and O–H groups in total. The van der Waals surface area contributed by atoms with Crippen molar-refractivity contribution < 1.29 is 85.5 Å². The molecular weight excluding hydrogens is 1280 g/mol. The molecule has 522 valence electrons. The Hall–Kier alpha value is -9.39. The van der Waals surface area contributed by atoms with Gasteiger partial charge in [-0.25, -0.2) is 14.4 Å². The number of hydrogen-bond acceptors (Lipinski definition) is 19. The van der Waals surface area contributed by atoms with Gasteiger partial charge in [-0.05, 0) is 78.7 Å². The number of halogens is 1. The van der Waals surface area contributed by atoms with Crippen LogP contribution in [0.2, 0.25) is 0 Å². The largest absolute Gasteiger partial charge is 0.492 e. The Morgan fingerprint density at radius 3 is 2.05 bits per heavy atom. The molecule has 3 atom stereocenters. The lowest BCUT2D eigenvalue weighted by molar-refractivity contribution is -0.137. The van der Waals surface area contributed by atoms with Gasteiger partial charge in [-0.2, -0.15) is 0 Å². The number of alkyl halides is 1. The number of nitrogens with two attached hydrogens (primary N) is 1. The lowest BCUT2D eigenvalue weighted by Gasteiger charge is -2.31. The van der Waals surface area contributed by atoms with E-state index in [1.807, 2.05) is 31.3 Å². The second-order valence-corrected chi connectivity index (χ2v) is 23.7. The Morgan fingerprint density at radius 1 is 0.701 bits per heavy atom. The molecule has 5 aromatic rings. The number of carbonyl (C=O) groups is 10. The van der Waals surface area contributed by atoms with Crippen molar-refractivity contribution in [1.29, 1.82) is 0 Å². The Labute approximate surface area is 565 Å². The molecule has 30 heteroatoms. The first-order valence-corrected chi connectivity index (χ1v) is 32.7. The van der Waals surface area contributed by atoms with Gasteiger partial charge in [0.2, 0.25) is 23.6 Å². The van der Waals surface area contributed by atoms with E-state index in [9.17, 15) is 47.9 Å². The molecule has 1 aromatic heterocycles. The molecule has 4 heterocycles. The molecule has 4 aromatic carbocycles. The number of amides is 11. The average molecular weight is 1370 g/mol. The second kappa shape index (κ2) is 37.2. The third-order valence-electron chi connectivity index (χ3n) is 15.9. The summed E-state index contributed by atoms with van der Waals surface area (Å²) in [6.07, 6.45) is 1.49. The number of likely N-dealkylation sites (N-methyl/N-ethyl adjacent to an activating group) is 1. The van der Waals surface area contributed by atoms with Crippen LogP contribution in [0.1, 0.15) is 67.1 Å². The quantitative estimate of drug-likeness (QED) is 0.0163. The molecule has 0 aliphatic carbocycles. The van der Waals surface area contributed by atoms with Crippen LogP contribution in [0.15, 0.2) is 95.4 Å². The minimum Gasteiger partial charge on any atom is -0.492 e. The summed E-state index contributed by atoms with van der Waals surface area (Å²) in [7, 11) is 2.01. The van der Waals surface area contributed by atoms with Crippen molar-refractivity contribution in [3.63, 3.8) is 0 Å². The van der Waals surface area contributed by atoms with Crippen LogP contribution in [0.25, 0.3) is 21.7 Å². The summed E-state index contributed by atoms with van der Waals surface area (Å²) in [5.74, 6) is -2.60. The van der Waals surface area contributed by atoms with Gasteiger partial charge >= 0.3 is 18.2 Å². The number of furan rings is 1. The summed E-state index contributed by atoms with van der Waals surface area (Å²) in [5, 5.41) is 18.3. The van der Waals surface area contributed by atoms with Crippen molar-refractivity contribution in [1.82, 2.24) is 41.3 Å². The number of alkyl carbamates (subject to hydrolysis) is 1. The van der Waals surface area contributed by atoms with E-state index < -0.39 is 65.7 Å². The lowest BCUT2D eigenvalue weighted by atomic mass is 9.95. The number of fused-ring (bicyclic) bond motifs is 4. The van der Waals surface area contributed by atoms with E-state index in [1.54, 1.807) is 78.2 Å². The highest BCUT2D eigenvalue weighted by Gasteiger charge is 2.37. The highest BCUT2D eigenvalue weighted by molar-refractivity contribution is 6.19. The summed E-state index contributed by atoms with van der Waals surface area (Å²) >= 11 is 6.54. The van der Waals surface area contributed by atoms with E-state index in [2.05, 4.69) is 36.8 Å². The number of nitrogens with zero attached hydrogens (tertiary/aromatic N) is 4. The van der Waals surface area contributed by atoms with Crippen molar-refractivity contribution in [3.8, 4) is 11.5 Å². The summed E-state index contributed by atoms with van der Waals surface area (Å²) in [6, 6.07) is 19.8. The molecule has 29 nitrogen and oxygen atoms in total. The molecule has 3 aliphatic rings. The molecular formula is C67H84ClN11O18. The number of nitrogens with one attached hydrogen (secondary N) is 6. The maximum Gasteiger partial charge on any atom is 0.415 e. The van der Waals surface area contributed by atoms with Crippen molar-refractivity contribution in [2.45, 2.75) is 64.1 Å². The van der Waals surface area contributed by atoms with E-state index in [-0.39, 0.29) is 134 Å². The van der Waals surface area contributed by atoms with Crippen LogP contribution in [0, 0.1) is 5.92 Å². The van der Waals surface area contributed by atoms with Crippen LogP contribution in [-0.4, -0.2) is 218 Å². The number of piperazine rings is 1. The number of urea groups is 1. The molecule has 8 rings (SSSR count). The third-order valence-corrected chi connectivity index (χ3v) is 16.3. The van der Waals surface area contributed by atoms with E-state index in [0.717, 1.165) is 34.3 Å². The highest BCUT2D eigenvalue weighted by atomic mass is 35.5. The minimum atomic E-state index is -1.09. The van der Waals surface area contributed by atoms with Crippen LogP contribution in [-0.2, 0) is 59.1 Å². The Kier molecular flexibility index (Phi) is 28.2. The molecule has 0 bridgehead atoms. The zero-order valence-electron chi connectivity index (χ0n) is 54.5. The third kappa shape index (κ3) is 22.1. The highest BCUT2D eigenvalue weighted by Crippen LogP contribution is 2.46. The van der Waals surface area contributed by atoms with Gasteiger partial charge in [0.15, 0.2) is 5.76 Å². The van der Waals surface area contributed by atoms with E-state index in [1.165, 1.54) is 12.2 Å². The fourth-order valence-electron chi connectivity index (χ4n) is 10.7. The number of primary amides is 1. The molecule has 0 radical (unpaired) electrons. The summed E-state index contributed by atoms with van der Waals surface area (Å²) in [5.41, 5.74) is 8.14. The number of rotatable bonds is 37. The Morgan fingerprint density at radius 2 is 1.37 bits per heavy atom. The maximum atomic E-state index is 14.3. The standard InChI is InChI=1S/C67H84ClN11O18/c1-43(2)61(75-57(81)19-28-90-31-33-92-35-36-93-34-32-91-29-21-70-56(80)18-23-78-58(82)16-17-59(78)83)63(85)74-51(9-6-20-71-65(69)87)62(84)73-47-12-10-44(11-13-47)42-95-66(88)72-22-30-94-48-14-15-53-45(37-48)38-55(96-53)64(86)79-41-46(40-68)60-50-8-5-4-7-49(50)54(39-52(60)79)97-67(89)77-26-24-76(3)25-27-77/h4-5,7-8,10-17,37-39,43,46,51,61H,6,9,18-36,40-42H2,1-3H3,(H,70,80)(H,72,88)(H,73,84)(H,74,85)(H,75,81)(H3,69,71,87)/t46-,51+,61+/m1/s1. The maximum absolute atomic E-state index is 14.3. The second-order valence-electron chi connectivity index (χ2n) is 23.4. The number of benzene rings is 4. The van der Waals surface area contributed by atoms with Gasteiger partial charge in [-0.3, -0.25) is 38.5 Å². The first-order chi connectivity index (χ1) is 46.8. The van der Waals surface area contributed by atoms with E-state index in [4.69, 9.17) is 54.9 Å². The molecule has 11 amide bonds. The molecule has 0 spiro atoms. The zero-order valence-corrected chi connectivity index (χ0v) is 55.3. The topological polar surface area (TPSA) is 360 Å². The van der Waals surface area contributed by atoms with Crippen LogP contribution in [0.3, 0.4) is 0 Å². The van der Waals surface area contributed by atoms with Gasteiger partial charge in [-0.15, -0.1) is 11.6 Å². The summed E-state index contributed by atoms with van der Waals surface area (Å²) in [6.45, 7) is 8.71. The number of hydrogen-bond donors (Lipinski definition) is 7. The van der Waals surface area contributed by atoms with Crippen molar-refractivity contribution in [2.24, 2.45) is 11.7 Å². The van der Waals surface area contributed by atoms with Crippen LogP contribution < -0.4 is 52.0 Å². The SMILES string of the molecule is CC(C)[C@H](NC(=O)CCOCCOCCOCCOCCNC(=O)CCN1C(=O)C=CC1=O)C(=O)N[C@@H](CCCNC(N)=O)C(=O)Nc1ccc(COC(=O)NCCOc2ccc3oc(C(=O)N4C[C@@H](CCl)c5c4cc(OC(=O)N4CCN(C)CC4)c4ccccc54)cc3c2)cc1. The normalized spacial score (nSPS) is 15.1. The zero-order chi connectivity index (χ0) is 69.2. The average Bonchev–Trinajstić information content (AvgIpc) is 1.62. The molecule has 0 saturated carbocycles. The lowest BCUT2D eigenvalue weighted by Crippen LogP contribution is -2.54. The fourth-order valence-corrected chi connectivity index (χ4v) is 11.0. The van der Waals surface area contributed by atoms with Gasteiger partial charge in [-0.1, -0.05) is 50.2 Å². The monoisotopic (exact) mass is 1370 g/mol. The van der Waals surface area contributed by atoms with Crippen molar-refractivity contribution in [2.75, 3.05) is 142 Å². The Bertz CT molecular complexity index is 3580. The Balaban J connectivity index is 0.708.